The van der Waals surface area contributed by atoms with Crippen molar-refractivity contribution >= 4 is 21.8 Å². The molecular formula is C15H17BrN2O. The molecule has 2 rings (SSSR count). The number of halogens is 1. The van der Waals surface area contributed by atoms with Crippen LogP contribution in [0.25, 0.3) is 0 Å². The quantitative estimate of drug-likeness (QED) is 0.859. The molecule has 0 fully saturated rings. The minimum absolute atomic E-state index is 0.0876. The fourth-order valence-electron chi connectivity index (χ4n) is 2.23. The summed E-state index contributed by atoms with van der Waals surface area (Å²) in [7, 11) is 0. The van der Waals surface area contributed by atoms with Gasteiger partial charge in [0.1, 0.15) is 0 Å². The number of aromatic nitrogens is 2. The van der Waals surface area contributed by atoms with Gasteiger partial charge in [-0.05, 0) is 53.9 Å². The third kappa shape index (κ3) is 2.63. The predicted octanol–water partition coefficient (Wildman–Crippen LogP) is 3.90. The Morgan fingerprint density at radius 1 is 1.32 bits per heavy atom. The molecule has 0 atom stereocenters. The summed E-state index contributed by atoms with van der Waals surface area (Å²) in [5, 5.41) is 4.39. The van der Waals surface area contributed by atoms with Gasteiger partial charge in [0.15, 0.2) is 0 Å². The summed E-state index contributed by atoms with van der Waals surface area (Å²) in [5.41, 5.74) is 3.71. The molecule has 0 saturated heterocycles. The van der Waals surface area contributed by atoms with Gasteiger partial charge >= 0.3 is 0 Å². The van der Waals surface area contributed by atoms with Crippen LogP contribution in [-0.4, -0.2) is 15.7 Å². The molecule has 0 aliphatic rings. The molecule has 1 aromatic heterocycles. The highest BCUT2D eigenvalue weighted by Crippen LogP contribution is 2.20. The first kappa shape index (κ1) is 14.0. The third-order valence-electron chi connectivity index (χ3n) is 3.24. The molecule has 0 N–H and O–H groups in total. The van der Waals surface area contributed by atoms with E-state index < -0.39 is 0 Å². The SMILES string of the molecule is CCCc1c(C)nn(C(=O)c2ccccc2Br)c1C. The Hall–Kier alpha value is -1.42. The van der Waals surface area contributed by atoms with Gasteiger partial charge in [-0.25, -0.2) is 4.68 Å². The molecule has 100 valence electrons. The minimum Gasteiger partial charge on any atom is -0.267 e. The molecule has 3 nitrogen and oxygen atoms in total. The highest BCUT2D eigenvalue weighted by Gasteiger charge is 2.18. The van der Waals surface area contributed by atoms with E-state index in [2.05, 4.69) is 28.0 Å². The highest BCUT2D eigenvalue weighted by molar-refractivity contribution is 9.10. The van der Waals surface area contributed by atoms with Gasteiger partial charge in [0.25, 0.3) is 5.91 Å². The maximum atomic E-state index is 12.5. The van der Waals surface area contributed by atoms with Crippen LogP contribution >= 0.6 is 15.9 Å². The number of rotatable bonds is 3. The van der Waals surface area contributed by atoms with Crippen LogP contribution in [0.15, 0.2) is 28.7 Å². The van der Waals surface area contributed by atoms with Crippen molar-refractivity contribution in [3.05, 3.63) is 51.3 Å². The van der Waals surface area contributed by atoms with Gasteiger partial charge in [0, 0.05) is 10.2 Å². The van der Waals surface area contributed by atoms with E-state index in [0.29, 0.717) is 5.56 Å². The zero-order chi connectivity index (χ0) is 14.0. The number of hydrogen-bond acceptors (Lipinski definition) is 2. The Labute approximate surface area is 121 Å². The molecule has 1 aromatic carbocycles. The van der Waals surface area contributed by atoms with Crippen molar-refractivity contribution < 1.29 is 4.79 Å². The fourth-order valence-corrected chi connectivity index (χ4v) is 2.69. The van der Waals surface area contributed by atoms with Gasteiger partial charge in [0.2, 0.25) is 0 Å². The van der Waals surface area contributed by atoms with Crippen molar-refractivity contribution in [2.75, 3.05) is 0 Å². The molecule has 0 bridgehead atoms. The van der Waals surface area contributed by atoms with Crippen molar-refractivity contribution in [2.45, 2.75) is 33.6 Å². The summed E-state index contributed by atoms with van der Waals surface area (Å²) in [6.45, 7) is 6.05. The number of benzene rings is 1. The van der Waals surface area contributed by atoms with Gasteiger partial charge in [0.05, 0.1) is 11.3 Å². The first-order chi connectivity index (χ1) is 9.06. The van der Waals surface area contributed by atoms with Crippen LogP contribution in [0.4, 0.5) is 0 Å². The number of nitrogens with zero attached hydrogens (tertiary/aromatic N) is 2. The maximum Gasteiger partial charge on any atom is 0.279 e. The molecule has 0 aliphatic carbocycles. The molecule has 1 heterocycles. The average Bonchev–Trinajstić information content (AvgIpc) is 2.67. The van der Waals surface area contributed by atoms with Crippen LogP contribution in [0, 0.1) is 13.8 Å². The Bertz CT molecular complexity index is 617. The van der Waals surface area contributed by atoms with Gasteiger partial charge in [-0.15, -0.1) is 0 Å². The predicted molar refractivity (Wildman–Crippen MR) is 79.6 cm³/mol. The lowest BCUT2D eigenvalue weighted by molar-refractivity contribution is 0.0941. The molecule has 0 saturated carbocycles. The van der Waals surface area contributed by atoms with Crippen LogP contribution in [0.2, 0.25) is 0 Å². The van der Waals surface area contributed by atoms with E-state index in [1.807, 2.05) is 38.1 Å². The minimum atomic E-state index is -0.0876. The van der Waals surface area contributed by atoms with Crippen LogP contribution in [0.5, 0.6) is 0 Å². The van der Waals surface area contributed by atoms with Crippen molar-refractivity contribution in [3.63, 3.8) is 0 Å². The lowest BCUT2D eigenvalue weighted by atomic mass is 10.1. The van der Waals surface area contributed by atoms with E-state index >= 15 is 0 Å². The summed E-state index contributed by atoms with van der Waals surface area (Å²) < 4.78 is 2.31. The van der Waals surface area contributed by atoms with E-state index in [-0.39, 0.29) is 5.91 Å². The summed E-state index contributed by atoms with van der Waals surface area (Å²) >= 11 is 3.41. The first-order valence-electron chi connectivity index (χ1n) is 6.40. The number of carbonyl (C=O) groups excluding carboxylic acids is 1. The van der Waals surface area contributed by atoms with E-state index in [9.17, 15) is 4.79 Å². The maximum absolute atomic E-state index is 12.5. The van der Waals surface area contributed by atoms with Crippen molar-refractivity contribution in [2.24, 2.45) is 0 Å². The second kappa shape index (κ2) is 5.70. The Balaban J connectivity index is 2.46. The Kier molecular flexibility index (Phi) is 4.20. The number of aryl methyl sites for hydroxylation is 1. The zero-order valence-corrected chi connectivity index (χ0v) is 13.0. The van der Waals surface area contributed by atoms with E-state index in [1.54, 1.807) is 0 Å². The smallest absolute Gasteiger partial charge is 0.267 e. The fraction of sp³-hybridized carbons (Fsp3) is 0.333. The molecule has 0 unspecified atom stereocenters. The number of carbonyl (C=O) groups is 1. The van der Waals surface area contributed by atoms with Crippen molar-refractivity contribution in [3.8, 4) is 0 Å². The van der Waals surface area contributed by atoms with E-state index in [4.69, 9.17) is 0 Å². The lowest BCUT2D eigenvalue weighted by Gasteiger charge is -2.05. The molecular weight excluding hydrogens is 304 g/mol. The summed E-state index contributed by atoms with van der Waals surface area (Å²) in [6, 6.07) is 7.43. The molecule has 0 radical (unpaired) electrons. The van der Waals surface area contributed by atoms with Crippen LogP contribution in [0.3, 0.4) is 0 Å². The van der Waals surface area contributed by atoms with E-state index in [0.717, 1.165) is 28.7 Å². The average molecular weight is 321 g/mol. The van der Waals surface area contributed by atoms with Crippen LogP contribution < -0.4 is 0 Å². The molecule has 19 heavy (non-hydrogen) atoms. The summed E-state index contributed by atoms with van der Waals surface area (Å²) in [5.74, 6) is -0.0876. The van der Waals surface area contributed by atoms with E-state index in [1.165, 1.54) is 10.2 Å². The standard InChI is InChI=1S/C15H17BrN2O/c1-4-7-12-10(2)17-18(11(12)3)15(19)13-8-5-6-9-14(13)16/h5-6,8-9H,4,7H2,1-3H3. The third-order valence-corrected chi connectivity index (χ3v) is 3.93. The van der Waals surface area contributed by atoms with Gasteiger partial charge in [-0.1, -0.05) is 25.5 Å². The largest absolute Gasteiger partial charge is 0.279 e. The molecule has 2 aromatic rings. The van der Waals surface area contributed by atoms with Crippen molar-refractivity contribution in [1.82, 2.24) is 9.78 Å². The zero-order valence-electron chi connectivity index (χ0n) is 11.4. The van der Waals surface area contributed by atoms with Gasteiger partial charge in [-0.2, -0.15) is 5.10 Å². The molecule has 0 aliphatic heterocycles. The Morgan fingerprint density at radius 3 is 2.63 bits per heavy atom. The topological polar surface area (TPSA) is 34.9 Å². The molecule has 4 heteroatoms. The normalized spacial score (nSPS) is 10.7. The lowest BCUT2D eigenvalue weighted by Crippen LogP contribution is -2.16. The Morgan fingerprint density at radius 2 is 2.00 bits per heavy atom. The second-order valence-corrected chi connectivity index (χ2v) is 5.45. The van der Waals surface area contributed by atoms with Gasteiger partial charge < -0.3 is 0 Å². The number of hydrogen-bond donors (Lipinski definition) is 0. The van der Waals surface area contributed by atoms with Crippen LogP contribution in [0.1, 0.15) is 40.7 Å². The summed E-state index contributed by atoms with van der Waals surface area (Å²) in [4.78, 5) is 12.5. The first-order valence-corrected chi connectivity index (χ1v) is 7.19. The second-order valence-electron chi connectivity index (χ2n) is 4.60. The highest BCUT2D eigenvalue weighted by atomic mass is 79.9. The summed E-state index contributed by atoms with van der Waals surface area (Å²) in [6.07, 6.45) is 2.01. The van der Waals surface area contributed by atoms with Gasteiger partial charge in [-0.3, -0.25) is 4.79 Å². The molecule has 0 amide bonds. The monoisotopic (exact) mass is 320 g/mol. The van der Waals surface area contributed by atoms with Crippen molar-refractivity contribution in [1.29, 1.82) is 0 Å². The van der Waals surface area contributed by atoms with Crippen LogP contribution in [-0.2, 0) is 6.42 Å². The molecule has 0 spiro atoms.